The predicted octanol–water partition coefficient (Wildman–Crippen LogP) is 26.5. The summed E-state index contributed by atoms with van der Waals surface area (Å²) in [5.41, 5.74) is 23.0. The van der Waals surface area contributed by atoms with Gasteiger partial charge in [0.05, 0.1) is 38.6 Å². The summed E-state index contributed by atoms with van der Waals surface area (Å²) in [6.07, 6.45) is 30.3. The molecule has 0 amide bonds. The molecular formula is C103H94N6O3S2. The van der Waals surface area contributed by atoms with Gasteiger partial charge in [-0.25, -0.2) is 15.0 Å². The molecule has 4 aliphatic carbocycles. The van der Waals surface area contributed by atoms with E-state index in [4.69, 9.17) is 13.9 Å². The number of oxazole rings is 1. The van der Waals surface area contributed by atoms with Crippen molar-refractivity contribution in [3.05, 3.63) is 438 Å². The summed E-state index contributed by atoms with van der Waals surface area (Å²) in [4.78, 5) is 23.4. The highest BCUT2D eigenvalue weighted by Gasteiger charge is 2.11. The second-order valence-corrected chi connectivity index (χ2v) is 29.1. The molecule has 6 aliphatic rings. The molecule has 18 aromatic rings. The molecule has 9 nitrogen and oxygen atoms in total. The third kappa shape index (κ3) is 24.6. The first-order chi connectivity index (χ1) is 56.6. The first kappa shape index (κ1) is 79.3. The molecule has 13 aromatic carbocycles. The van der Waals surface area contributed by atoms with Crippen molar-refractivity contribution in [1.82, 2.24) is 29.9 Å². The monoisotopic (exact) mass is 1530 g/mol. The van der Waals surface area contributed by atoms with Crippen molar-refractivity contribution in [3.8, 4) is 11.5 Å². The lowest BCUT2D eigenvalue weighted by Crippen LogP contribution is -2.14. The third-order valence-electron chi connectivity index (χ3n) is 19.5. The van der Waals surface area contributed by atoms with E-state index in [1.165, 1.54) is 141 Å². The van der Waals surface area contributed by atoms with Crippen molar-refractivity contribution in [2.24, 2.45) is 0 Å². The van der Waals surface area contributed by atoms with Gasteiger partial charge in [-0.05, 0) is 208 Å². The summed E-state index contributed by atoms with van der Waals surface area (Å²) >= 11 is 3.68. The zero-order chi connectivity index (χ0) is 77.5. The average molecular weight is 1530 g/mol. The number of pyridine rings is 2. The molecule has 566 valence electrons. The van der Waals surface area contributed by atoms with Crippen LogP contribution in [-0.2, 0) is 50.0 Å². The fourth-order valence-electron chi connectivity index (χ4n) is 13.5. The molecule has 5 aromatic heterocycles. The number of thiazole rings is 1. The fraction of sp³-hybridized carbons (Fsp3) is 0.136. The van der Waals surface area contributed by atoms with E-state index in [2.05, 4.69) is 254 Å². The van der Waals surface area contributed by atoms with Crippen LogP contribution in [0.3, 0.4) is 0 Å². The SMILES string of the molecule is C1=Cc2ccccc2C1.C1=Cc2ccccc2CC1.c1ccc2[nH]cnc2c1.c1ccc2c(c1)CCC2.c1ccc2c(c1)CCCC2.c1ccc2c(c1)CSC2.c1ccc2c(c1)OCCO2.c1ccc2ccccc2c1.c1ccc2cnccc2c1.c1ccc2ncccc2c1.c1ccc2ocnc2c1.c1ccc2scnc2c1. The summed E-state index contributed by atoms with van der Waals surface area (Å²) in [6, 6.07) is 114. The summed E-state index contributed by atoms with van der Waals surface area (Å²) in [5, 5.41) is 6.27. The zero-order valence-corrected chi connectivity index (χ0v) is 65.8. The van der Waals surface area contributed by atoms with Gasteiger partial charge < -0.3 is 18.9 Å². The van der Waals surface area contributed by atoms with E-state index in [1.54, 1.807) is 39.9 Å². The number of aromatic nitrogens is 6. The zero-order valence-electron chi connectivity index (χ0n) is 64.2. The predicted molar refractivity (Wildman–Crippen MR) is 481 cm³/mol. The van der Waals surface area contributed by atoms with Crippen LogP contribution in [0.15, 0.2) is 387 Å². The van der Waals surface area contributed by atoms with Gasteiger partial charge in [-0.15, -0.1) is 11.3 Å². The van der Waals surface area contributed by atoms with E-state index in [-0.39, 0.29) is 0 Å². The number of aryl methyl sites for hydroxylation is 5. The Balaban J connectivity index is 0.000000109. The number of imidazole rings is 1. The molecule has 114 heavy (non-hydrogen) atoms. The van der Waals surface area contributed by atoms with Crippen molar-refractivity contribution in [1.29, 1.82) is 0 Å². The third-order valence-corrected chi connectivity index (χ3v) is 21.3. The second-order valence-electron chi connectivity index (χ2n) is 27.3. The quantitative estimate of drug-likeness (QED) is 0.159. The smallest absolute Gasteiger partial charge is 0.181 e. The number of nitrogens with zero attached hydrogens (tertiary/aromatic N) is 5. The van der Waals surface area contributed by atoms with Gasteiger partial charge in [0.1, 0.15) is 18.7 Å². The van der Waals surface area contributed by atoms with Crippen molar-refractivity contribution in [2.75, 3.05) is 13.2 Å². The second kappa shape index (κ2) is 44.3. The normalized spacial score (nSPS) is 12.6. The maximum Gasteiger partial charge on any atom is 0.181 e. The van der Waals surface area contributed by atoms with E-state index in [1.807, 2.05) is 169 Å². The van der Waals surface area contributed by atoms with Crippen molar-refractivity contribution in [2.45, 2.75) is 75.7 Å². The van der Waals surface area contributed by atoms with Crippen LogP contribution in [0.1, 0.15) is 81.3 Å². The first-order valence-electron chi connectivity index (χ1n) is 39.2. The number of nitrogens with one attached hydrogen (secondary N) is 1. The Morgan fingerprint density at radius 3 is 1.39 bits per heavy atom. The van der Waals surface area contributed by atoms with Crippen molar-refractivity contribution < 1.29 is 13.9 Å². The molecule has 0 fully saturated rings. The van der Waals surface area contributed by atoms with E-state index >= 15 is 0 Å². The van der Waals surface area contributed by atoms with E-state index < -0.39 is 0 Å². The summed E-state index contributed by atoms with van der Waals surface area (Å²) in [5.74, 6) is 4.15. The summed E-state index contributed by atoms with van der Waals surface area (Å²) in [7, 11) is 0. The molecule has 0 atom stereocenters. The van der Waals surface area contributed by atoms with Gasteiger partial charge >= 0.3 is 0 Å². The van der Waals surface area contributed by atoms with Gasteiger partial charge in [-0.3, -0.25) is 9.97 Å². The first-order valence-corrected chi connectivity index (χ1v) is 41.2. The summed E-state index contributed by atoms with van der Waals surface area (Å²) < 4.78 is 16.9. The number of ether oxygens (including phenoxy) is 2. The Hall–Kier alpha value is -12.8. The molecule has 0 bridgehead atoms. The van der Waals surface area contributed by atoms with Gasteiger partial charge in [-0.1, -0.05) is 291 Å². The van der Waals surface area contributed by atoms with Gasteiger partial charge in [0.25, 0.3) is 0 Å². The molecule has 0 spiro atoms. The number of rotatable bonds is 0. The standard InChI is InChI=1S/C10H12.C10H10.C10H8.2C9H7N.C9H10.C9H8.C8H8O2.C8H8S.C7H6N2.C7H5NO.C7H5NS/c3*1-2-6-10-8-4-3-7-9(10)5-1;1-2-6-9-8(4-1)5-3-7-10-9;1-2-4-9-7-10-6-5-8(9)3-1;2*1-2-5-9-7-3-6-8(9)4-1;1-2-4-8-7(3-1)9-5-6-10-8;1-2-4-8-6-9-5-7(8)3-1;3*1-2-4-7-6(3-1)8-5-9-7/h1-2,5-6H,3-4,7-8H2;1-3,5-7H,4,8H2;1-8H;2*1-7H;1-2,4-5H,3,6-7H2;1-6H,7H2;1-4H,5-6H2;1-4H,5-6H2;1-5H,(H,8,9);2*1-5H. The molecular weight excluding hydrogens is 1430 g/mol. The highest BCUT2D eigenvalue weighted by Crippen LogP contribution is 2.30. The van der Waals surface area contributed by atoms with Crippen LogP contribution in [-0.4, -0.2) is 43.1 Å². The number of hydrogen-bond acceptors (Lipinski definition) is 10. The van der Waals surface area contributed by atoms with Gasteiger partial charge in [0.2, 0.25) is 0 Å². The highest BCUT2D eigenvalue weighted by atomic mass is 32.2. The van der Waals surface area contributed by atoms with E-state index in [0.717, 1.165) is 51.1 Å². The van der Waals surface area contributed by atoms with Gasteiger partial charge in [0, 0.05) is 35.5 Å². The average Bonchev–Trinajstić information content (AvgIpc) is 1.89. The number of allylic oxidation sites excluding steroid dienone is 2. The van der Waals surface area contributed by atoms with Crippen molar-refractivity contribution >= 4 is 100 Å². The molecule has 0 saturated carbocycles. The van der Waals surface area contributed by atoms with Crippen LogP contribution in [0.4, 0.5) is 0 Å². The van der Waals surface area contributed by atoms with Crippen molar-refractivity contribution in [3.63, 3.8) is 0 Å². The van der Waals surface area contributed by atoms with Gasteiger partial charge in [0.15, 0.2) is 23.5 Å². The minimum absolute atomic E-state index is 0.664. The number of hydrogen-bond donors (Lipinski definition) is 1. The number of thioether (sulfide) groups is 1. The van der Waals surface area contributed by atoms with Crippen LogP contribution >= 0.6 is 23.1 Å². The number of benzene rings is 13. The van der Waals surface area contributed by atoms with Gasteiger partial charge in [-0.2, -0.15) is 11.8 Å². The number of fused-ring (bicyclic) bond motifs is 12. The Bertz CT molecular complexity index is 5140. The van der Waals surface area contributed by atoms with E-state index in [0.29, 0.717) is 13.2 Å². The minimum Gasteiger partial charge on any atom is -0.486 e. The highest BCUT2D eigenvalue weighted by molar-refractivity contribution is 7.98. The van der Waals surface area contributed by atoms with Crippen LogP contribution in [0.5, 0.6) is 11.5 Å². The Labute approximate surface area is 677 Å². The molecule has 7 heterocycles. The minimum atomic E-state index is 0.664. The number of para-hydroxylation sites is 8. The molecule has 0 radical (unpaired) electrons. The number of H-pyrrole nitrogens is 1. The Kier molecular flexibility index (Phi) is 30.8. The lowest BCUT2D eigenvalue weighted by Gasteiger charge is -2.17. The molecule has 0 saturated heterocycles. The molecule has 11 heteroatoms. The Morgan fingerprint density at radius 1 is 0.325 bits per heavy atom. The van der Waals surface area contributed by atoms with Crippen LogP contribution in [0.25, 0.3) is 76.9 Å². The van der Waals surface area contributed by atoms with Crippen LogP contribution in [0, 0.1) is 0 Å². The molecule has 1 N–H and O–H groups in total. The van der Waals surface area contributed by atoms with Crippen LogP contribution in [0.2, 0.25) is 0 Å². The fourth-order valence-corrected chi connectivity index (χ4v) is 15.3. The number of aromatic amines is 1. The lowest BCUT2D eigenvalue weighted by atomic mass is 9.92. The molecule has 24 rings (SSSR count). The van der Waals surface area contributed by atoms with Crippen LogP contribution < -0.4 is 9.47 Å². The largest absolute Gasteiger partial charge is 0.486 e. The lowest BCUT2D eigenvalue weighted by molar-refractivity contribution is 0.171. The maximum atomic E-state index is 5.30. The molecule has 0 unspecified atom stereocenters. The molecule has 2 aliphatic heterocycles. The summed E-state index contributed by atoms with van der Waals surface area (Å²) in [6.45, 7) is 1.33. The van der Waals surface area contributed by atoms with E-state index in [9.17, 15) is 0 Å². The maximum absolute atomic E-state index is 5.30. The topological polar surface area (TPSA) is 112 Å². The Morgan fingerprint density at radius 2 is 0.798 bits per heavy atom.